The molecule has 0 aromatic heterocycles. The fraction of sp³-hybridized carbons (Fsp3) is 0.483. The molecule has 0 unspecified atom stereocenters. The van der Waals surface area contributed by atoms with Crippen LogP contribution in [0.1, 0.15) is 56.3 Å². The van der Waals surface area contributed by atoms with Gasteiger partial charge in [0, 0.05) is 10.8 Å². The van der Waals surface area contributed by atoms with Crippen LogP contribution in [0.3, 0.4) is 0 Å². The SMILES string of the molecule is C[C@]12C=CC(=O)C=C1CCC1=C2[C@@H](O)C[C@@]2(C)[C@H]1CC[C@]2(OC(=O)c1ccccc1)C(=O)COS(C)(=O)=O. The minimum Gasteiger partial charge on any atom is -0.447 e. The number of rotatable bonds is 6. The number of ether oxygens (including phenoxy) is 1. The fourth-order valence-electron chi connectivity index (χ4n) is 7.33. The van der Waals surface area contributed by atoms with Crippen LogP contribution in [0.15, 0.2) is 65.3 Å². The number of carbonyl (C=O) groups excluding carboxylic acids is 3. The van der Waals surface area contributed by atoms with Crippen molar-refractivity contribution in [1.29, 1.82) is 0 Å². The van der Waals surface area contributed by atoms with E-state index in [0.29, 0.717) is 19.3 Å². The lowest BCUT2D eigenvalue weighted by Gasteiger charge is -2.54. The van der Waals surface area contributed by atoms with Gasteiger partial charge in [0.1, 0.15) is 6.61 Å². The molecule has 1 N–H and O–H groups in total. The topological polar surface area (TPSA) is 124 Å². The number of fused-ring (bicyclic) bond motifs is 4. The van der Waals surface area contributed by atoms with Crippen molar-refractivity contribution in [3.05, 3.63) is 70.8 Å². The summed E-state index contributed by atoms with van der Waals surface area (Å²) in [6.45, 7) is 3.09. The molecule has 1 fully saturated rings. The fourth-order valence-corrected chi connectivity index (χ4v) is 7.65. The number of benzene rings is 1. The lowest BCUT2D eigenvalue weighted by molar-refractivity contribution is -0.157. The second-order valence-electron chi connectivity index (χ2n) is 11.2. The average molecular weight is 541 g/mol. The summed E-state index contributed by atoms with van der Waals surface area (Å²) in [5.41, 5.74) is -0.181. The number of hydrogen-bond acceptors (Lipinski definition) is 8. The first-order valence-electron chi connectivity index (χ1n) is 12.8. The highest BCUT2D eigenvalue weighted by atomic mass is 32.2. The maximum Gasteiger partial charge on any atom is 0.339 e. The summed E-state index contributed by atoms with van der Waals surface area (Å²) in [6.07, 6.45) is 7.04. The van der Waals surface area contributed by atoms with E-state index >= 15 is 0 Å². The van der Waals surface area contributed by atoms with Crippen LogP contribution in [0.4, 0.5) is 0 Å². The Morgan fingerprint density at radius 1 is 1.13 bits per heavy atom. The molecule has 4 aliphatic carbocycles. The molecule has 202 valence electrons. The summed E-state index contributed by atoms with van der Waals surface area (Å²) in [4.78, 5) is 39.2. The molecule has 38 heavy (non-hydrogen) atoms. The summed E-state index contributed by atoms with van der Waals surface area (Å²) in [5.74, 6) is -1.58. The van der Waals surface area contributed by atoms with Crippen LogP contribution in [0, 0.1) is 16.7 Å². The second-order valence-corrected chi connectivity index (χ2v) is 12.9. The second kappa shape index (κ2) is 9.10. The maximum atomic E-state index is 13.8. The molecular weight excluding hydrogens is 508 g/mol. The quantitative estimate of drug-likeness (QED) is 0.331. The van der Waals surface area contributed by atoms with Crippen molar-refractivity contribution in [2.24, 2.45) is 16.7 Å². The summed E-state index contributed by atoms with van der Waals surface area (Å²) in [5, 5.41) is 11.6. The van der Waals surface area contributed by atoms with Crippen LogP contribution in [0.2, 0.25) is 0 Å². The Morgan fingerprint density at radius 3 is 2.53 bits per heavy atom. The Balaban J connectivity index is 1.59. The molecular formula is C29H32O8S. The van der Waals surface area contributed by atoms with E-state index < -0.39 is 51.0 Å². The van der Waals surface area contributed by atoms with E-state index in [9.17, 15) is 27.9 Å². The van der Waals surface area contributed by atoms with Crippen LogP contribution < -0.4 is 0 Å². The maximum absolute atomic E-state index is 13.8. The van der Waals surface area contributed by atoms with Gasteiger partial charge in [-0.1, -0.05) is 42.3 Å². The van der Waals surface area contributed by atoms with E-state index in [0.717, 1.165) is 23.0 Å². The molecule has 0 radical (unpaired) electrons. The van der Waals surface area contributed by atoms with Gasteiger partial charge in [0.25, 0.3) is 10.1 Å². The van der Waals surface area contributed by atoms with Gasteiger partial charge in [-0.3, -0.25) is 13.8 Å². The molecule has 0 saturated heterocycles. The highest BCUT2D eigenvalue weighted by Crippen LogP contribution is 2.65. The molecule has 1 aromatic carbocycles. The van der Waals surface area contributed by atoms with Crippen molar-refractivity contribution in [2.45, 2.75) is 57.7 Å². The van der Waals surface area contributed by atoms with Gasteiger partial charge in [0.15, 0.2) is 11.4 Å². The normalized spacial score (nSPS) is 34.2. The number of hydrogen-bond donors (Lipinski definition) is 1. The minimum atomic E-state index is -3.92. The van der Waals surface area contributed by atoms with Crippen molar-refractivity contribution < 1.29 is 36.8 Å². The highest BCUT2D eigenvalue weighted by Gasteiger charge is 2.67. The van der Waals surface area contributed by atoms with Crippen molar-refractivity contribution >= 4 is 27.7 Å². The number of aliphatic hydroxyl groups is 1. The molecule has 0 aliphatic heterocycles. The van der Waals surface area contributed by atoms with Crippen LogP contribution in [0.5, 0.6) is 0 Å². The zero-order chi connectivity index (χ0) is 27.5. The summed E-state index contributed by atoms with van der Waals surface area (Å²) in [7, 11) is -3.92. The molecule has 0 amide bonds. The molecule has 9 heteroatoms. The number of aliphatic hydroxyl groups excluding tert-OH is 1. The monoisotopic (exact) mass is 540 g/mol. The highest BCUT2D eigenvalue weighted by molar-refractivity contribution is 7.86. The van der Waals surface area contributed by atoms with Crippen molar-refractivity contribution in [2.75, 3.05) is 12.9 Å². The third kappa shape index (κ3) is 4.12. The van der Waals surface area contributed by atoms with Gasteiger partial charge in [-0.05, 0) is 74.8 Å². The van der Waals surface area contributed by atoms with E-state index in [1.54, 1.807) is 36.4 Å². The number of Topliss-reactive ketones (excluding diaryl/α,β-unsaturated/α-hetero) is 1. The Kier molecular flexibility index (Phi) is 6.40. The zero-order valence-corrected chi connectivity index (χ0v) is 22.5. The molecule has 0 heterocycles. The molecule has 4 aliphatic rings. The predicted octanol–water partition coefficient (Wildman–Crippen LogP) is 3.47. The summed E-state index contributed by atoms with van der Waals surface area (Å²) >= 11 is 0. The largest absolute Gasteiger partial charge is 0.447 e. The van der Waals surface area contributed by atoms with Gasteiger partial charge >= 0.3 is 5.97 Å². The standard InChI is InChI=1S/C29H32O8S/c1-27-13-11-20(30)15-19(27)9-10-21-22-12-14-29(24(32)17-36-38(3,34)35,28(22,2)16-23(31)25(21)27)37-26(33)18-7-5-4-6-8-18/h4-8,11,13,15,22-23,31H,9-10,12,14,16-17H2,1-3H3/t22-,23-,27-,28-,29-/m0/s1. The van der Waals surface area contributed by atoms with Crippen LogP contribution in [-0.4, -0.2) is 55.6 Å². The van der Waals surface area contributed by atoms with Gasteiger partial charge in [0.05, 0.1) is 17.9 Å². The zero-order valence-electron chi connectivity index (χ0n) is 21.7. The molecule has 8 nitrogen and oxygen atoms in total. The number of carbonyl (C=O) groups is 3. The number of esters is 1. The Hall–Kier alpha value is -2.88. The Morgan fingerprint density at radius 2 is 1.84 bits per heavy atom. The average Bonchev–Trinajstić information content (AvgIpc) is 3.15. The van der Waals surface area contributed by atoms with E-state index in [2.05, 4.69) is 0 Å². The summed E-state index contributed by atoms with van der Waals surface area (Å²) in [6, 6.07) is 8.31. The molecule has 5 atom stereocenters. The summed E-state index contributed by atoms with van der Waals surface area (Å²) < 4.78 is 34.4. The Bertz CT molecular complexity index is 1400. The van der Waals surface area contributed by atoms with E-state index in [1.165, 1.54) is 6.08 Å². The first kappa shape index (κ1) is 26.7. The molecule has 1 aromatic rings. The van der Waals surface area contributed by atoms with Gasteiger partial charge in [-0.25, -0.2) is 4.79 Å². The third-order valence-corrected chi connectivity index (χ3v) is 9.66. The first-order valence-corrected chi connectivity index (χ1v) is 14.6. The van der Waals surface area contributed by atoms with Crippen LogP contribution in [-0.2, 0) is 28.6 Å². The van der Waals surface area contributed by atoms with E-state index in [1.807, 2.05) is 19.9 Å². The lowest BCUT2D eigenvalue weighted by atomic mass is 9.52. The third-order valence-electron chi connectivity index (χ3n) is 9.11. The van der Waals surface area contributed by atoms with E-state index in [-0.39, 0.29) is 30.1 Å². The molecule has 0 spiro atoms. The molecule has 5 rings (SSSR count). The molecule has 0 bridgehead atoms. The van der Waals surface area contributed by atoms with Crippen LogP contribution >= 0.6 is 0 Å². The number of ketones is 2. The smallest absolute Gasteiger partial charge is 0.339 e. The van der Waals surface area contributed by atoms with Crippen molar-refractivity contribution in [1.82, 2.24) is 0 Å². The minimum absolute atomic E-state index is 0.0687. The Labute approximate surface area is 222 Å². The van der Waals surface area contributed by atoms with Gasteiger partial charge in [0.2, 0.25) is 5.78 Å². The number of allylic oxidation sites excluding steroid dienone is 5. The van der Waals surface area contributed by atoms with E-state index in [4.69, 9.17) is 8.92 Å². The van der Waals surface area contributed by atoms with Gasteiger partial charge in [-0.2, -0.15) is 8.42 Å². The van der Waals surface area contributed by atoms with Crippen molar-refractivity contribution in [3.63, 3.8) is 0 Å². The van der Waals surface area contributed by atoms with Gasteiger partial charge in [-0.15, -0.1) is 0 Å². The first-order chi connectivity index (χ1) is 17.8. The van der Waals surface area contributed by atoms with Crippen molar-refractivity contribution in [3.8, 4) is 0 Å². The predicted molar refractivity (Wildman–Crippen MR) is 138 cm³/mol. The van der Waals surface area contributed by atoms with Crippen LogP contribution in [0.25, 0.3) is 0 Å². The van der Waals surface area contributed by atoms with Gasteiger partial charge < -0.3 is 9.84 Å². The molecule has 1 saturated carbocycles. The lowest BCUT2D eigenvalue weighted by Crippen LogP contribution is -2.59.